The van der Waals surface area contributed by atoms with Crippen LogP contribution in [0.5, 0.6) is 0 Å². The molecule has 1 aliphatic rings. The van der Waals surface area contributed by atoms with Gasteiger partial charge in [0.15, 0.2) is 0 Å². The molecule has 0 radical (unpaired) electrons. The largest absolute Gasteiger partial charge is 0.471 e. The Kier molecular flexibility index (Phi) is 1.26. The topological polar surface area (TPSA) is 29.5 Å². The third-order valence-corrected chi connectivity index (χ3v) is 1.19. The van der Waals surface area contributed by atoms with E-state index in [1.54, 1.807) is 13.2 Å². The summed E-state index contributed by atoms with van der Waals surface area (Å²) in [7, 11) is 0. The summed E-state index contributed by atoms with van der Waals surface area (Å²) in [6.45, 7) is 1.66. The molecule has 0 spiro atoms. The maximum Gasteiger partial charge on any atom is 0.204 e. The maximum atomic E-state index is 9.10. The number of hydrogen-bond donors (Lipinski definition) is 1. The van der Waals surface area contributed by atoms with Crippen LogP contribution in [0, 0.1) is 0 Å². The van der Waals surface area contributed by atoms with Crippen molar-refractivity contribution >= 4 is 0 Å². The minimum atomic E-state index is -0.908. The molecule has 1 aliphatic heterocycles. The first kappa shape index (κ1) is 5.63. The van der Waals surface area contributed by atoms with Crippen LogP contribution in [0.3, 0.4) is 0 Å². The molecule has 0 aromatic heterocycles. The first-order valence-corrected chi connectivity index (χ1v) is 2.76. The van der Waals surface area contributed by atoms with Crippen molar-refractivity contribution in [2.24, 2.45) is 0 Å². The molecule has 1 N–H and O–H groups in total. The molecule has 0 saturated carbocycles. The van der Waals surface area contributed by atoms with Crippen LogP contribution in [0.15, 0.2) is 12.3 Å². The van der Waals surface area contributed by atoms with Crippen molar-refractivity contribution in [1.29, 1.82) is 0 Å². The van der Waals surface area contributed by atoms with Crippen LogP contribution in [0.25, 0.3) is 0 Å². The Labute approximate surface area is 48.8 Å². The van der Waals surface area contributed by atoms with Crippen molar-refractivity contribution in [3.05, 3.63) is 12.3 Å². The van der Waals surface area contributed by atoms with Crippen LogP contribution < -0.4 is 0 Å². The van der Waals surface area contributed by atoms with Gasteiger partial charge >= 0.3 is 0 Å². The Bertz CT molecular complexity index is 105. The first-order valence-electron chi connectivity index (χ1n) is 2.76. The molecule has 2 heteroatoms. The number of allylic oxidation sites excluding steroid dienone is 1. The minimum Gasteiger partial charge on any atom is -0.471 e. The second kappa shape index (κ2) is 1.78. The van der Waals surface area contributed by atoms with Crippen molar-refractivity contribution in [3.63, 3.8) is 0 Å². The molecule has 0 aromatic carbocycles. The van der Waals surface area contributed by atoms with Gasteiger partial charge in [0.05, 0.1) is 6.26 Å². The van der Waals surface area contributed by atoms with E-state index in [1.165, 1.54) is 0 Å². The molecule has 0 aliphatic carbocycles. The molecule has 0 aromatic rings. The molecule has 0 saturated heterocycles. The van der Waals surface area contributed by atoms with Crippen LogP contribution >= 0.6 is 0 Å². The summed E-state index contributed by atoms with van der Waals surface area (Å²) in [5.74, 6) is -0.908. The van der Waals surface area contributed by atoms with Gasteiger partial charge in [0.1, 0.15) is 0 Å². The molecule has 46 valence electrons. The number of hydrogen-bond acceptors (Lipinski definition) is 2. The van der Waals surface area contributed by atoms with Gasteiger partial charge in [-0.15, -0.1) is 0 Å². The smallest absolute Gasteiger partial charge is 0.204 e. The van der Waals surface area contributed by atoms with E-state index in [4.69, 9.17) is 9.84 Å². The first-order chi connectivity index (χ1) is 3.71. The third-order valence-electron chi connectivity index (χ3n) is 1.19. The quantitative estimate of drug-likeness (QED) is 0.509. The Morgan fingerprint density at radius 2 is 2.50 bits per heavy atom. The van der Waals surface area contributed by atoms with Gasteiger partial charge in [-0.1, -0.05) is 0 Å². The fourth-order valence-electron chi connectivity index (χ4n) is 0.673. The molecule has 1 unspecified atom stereocenters. The lowest BCUT2D eigenvalue weighted by Crippen LogP contribution is -2.27. The van der Waals surface area contributed by atoms with Crippen molar-refractivity contribution in [3.8, 4) is 0 Å². The Morgan fingerprint density at radius 3 is 2.75 bits per heavy atom. The summed E-state index contributed by atoms with van der Waals surface area (Å²) < 4.78 is 4.84. The lowest BCUT2D eigenvalue weighted by molar-refractivity contribution is -0.161. The van der Waals surface area contributed by atoms with Crippen molar-refractivity contribution in [1.82, 2.24) is 0 Å². The SMILES string of the molecule is CC1(O)CCC=CO1. The third kappa shape index (κ3) is 1.23. The highest BCUT2D eigenvalue weighted by Gasteiger charge is 2.20. The number of ether oxygens (including phenoxy) is 1. The van der Waals surface area contributed by atoms with E-state index in [0.29, 0.717) is 6.42 Å². The standard InChI is InChI=1S/C6H10O2/c1-6(7)4-2-3-5-8-6/h3,5,7H,2,4H2,1H3. The lowest BCUT2D eigenvalue weighted by Gasteiger charge is -2.24. The minimum absolute atomic E-state index is 0.698. The average molecular weight is 114 g/mol. The number of aliphatic hydroxyl groups is 1. The van der Waals surface area contributed by atoms with E-state index in [2.05, 4.69) is 0 Å². The molecule has 1 atom stereocenters. The Balaban J connectivity index is 2.50. The van der Waals surface area contributed by atoms with Crippen molar-refractivity contribution in [2.75, 3.05) is 0 Å². The second-order valence-corrected chi connectivity index (χ2v) is 2.20. The molecule has 0 bridgehead atoms. The molecule has 1 rings (SSSR count). The molecule has 0 fully saturated rings. The van der Waals surface area contributed by atoms with Gasteiger partial charge in [-0.3, -0.25) is 0 Å². The van der Waals surface area contributed by atoms with E-state index < -0.39 is 5.79 Å². The highest BCUT2D eigenvalue weighted by atomic mass is 16.6. The zero-order chi connectivity index (χ0) is 6.04. The Morgan fingerprint density at radius 1 is 1.75 bits per heavy atom. The van der Waals surface area contributed by atoms with E-state index in [1.807, 2.05) is 6.08 Å². The summed E-state index contributed by atoms with van der Waals surface area (Å²) >= 11 is 0. The molecular weight excluding hydrogens is 104 g/mol. The van der Waals surface area contributed by atoms with Gasteiger partial charge in [-0.2, -0.15) is 0 Å². The van der Waals surface area contributed by atoms with E-state index in [0.717, 1.165) is 6.42 Å². The van der Waals surface area contributed by atoms with Crippen LogP contribution in [-0.2, 0) is 4.74 Å². The van der Waals surface area contributed by atoms with Gasteiger partial charge in [0, 0.05) is 13.3 Å². The van der Waals surface area contributed by atoms with E-state index in [-0.39, 0.29) is 0 Å². The predicted molar refractivity (Wildman–Crippen MR) is 30.1 cm³/mol. The predicted octanol–water partition coefficient (Wildman–Crippen LogP) is 1.02. The Hall–Kier alpha value is -0.500. The average Bonchev–Trinajstić information content (AvgIpc) is 1.65. The van der Waals surface area contributed by atoms with Gasteiger partial charge < -0.3 is 9.84 Å². The highest BCUT2D eigenvalue weighted by molar-refractivity contribution is 4.83. The fraction of sp³-hybridized carbons (Fsp3) is 0.667. The highest BCUT2D eigenvalue weighted by Crippen LogP contribution is 2.18. The summed E-state index contributed by atoms with van der Waals surface area (Å²) in [4.78, 5) is 0. The van der Waals surface area contributed by atoms with Gasteiger partial charge in [0.2, 0.25) is 5.79 Å². The molecule has 1 heterocycles. The monoisotopic (exact) mass is 114 g/mol. The van der Waals surface area contributed by atoms with Crippen LogP contribution in [0.1, 0.15) is 19.8 Å². The van der Waals surface area contributed by atoms with Gasteiger partial charge in [-0.05, 0) is 12.5 Å². The van der Waals surface area contributed by atoms with Gasteiger partial charge in [0.25, 0.3) is 0 Å². The van der Waals surface area contributed by atoms with E-state index >= 15 is 0 Å². The fourth-order valence-corrected chi connectivity index (χ4v) is 0.673. The van der Waals surface area contributed by atoms with Crippen molar-refractivity contribution < 1.29 is 9.84 Å². The van der Waals surface area contributed by atoms with Crippen LogP contribution in [-0.4, -0.2) is 10.9 Å². The summed E-state index contributed by atoms with van der Waals surface area (Å²) in [6, 6.07) is 0. The second-order valence-electron chi connectivity index (χ2n) is 2.20. The lowest BCUT2D eigenvalue weighted by atomic mass is 10.1. The summed E-state index contributed by atoms with van der Waals surface area (Å²) in [5, 5.41) is 9.10. The summed E-state index contributed by atoms with van der Waals surface area (Å²) in [6.07, 6.45) is 5.05. The van der Waals surface area contributed by atoms with Gasteiger partial charge in [-0.25, -0.2) is 0 Å². The zero-order valence-corrected chi connectivity index (χ0v) is 4.92. The molecule has 8 heavy (non-hydrogen) atoms. The van der Waals surface area contributed by atoms with Crippen molar-refractivity contribution in [2.45, 2.75) is 25.6 Å². The van der Waals surface area contributed by atoms with E-state index in [9.17, 15) is 0 Å². The van der Waals surface area contributed by atoms with Crippen LogP contribution in [0.4, 0.5) is 0 Å². The zero-order valence-electron chi connectivity index (χ0n) is 4.92. The normalized spacial score (nSPS) is 36.8. The van der Waals surface area contributed by atoms with Crippen LogP contribution in [0.2, 0.25) is 0 Å². The molecule has 0 amide bonds. The summed E-state index contributed by atoms with van der Waals surface area (Å²) in [5.41, 5.74) is 0. The maximum absolute atomic E-state index is 9.10. The number of rotatable bonds is 0. The molecule has 2 nitrogen and oxygen atoms in total. The molecular formula is C6H10O2.